The zero-order valence-corrected chi connectivity index (χ0v) is 13.0. The van der Waals surface area contributed by atoms with Crippen LogP contribution in [-0.4, -0.2) is 24.0 Å². The molecule has 0 aliphatic heterocycles. The van der Waals surface area contributed by atoms with E-state index in [2.05, 4.69) is 56.9 Å². The molecule has 0 fully saturated rings. The van der Waals surface area contributed by atoms with Gasteiger partial charge in [0.25, 0.3) is 0 Å². The fourth-order valence-corrected chi connectivity index (χ4v) is 2.49. The Kier molecular flexibility index (Phi) is 7.11. The van der Waals surface area contributed by atoms with E-state index in [1.54, 1.807) is 0 Å². The smallest absolute Gasteiger partial charge is 0.0450 e. The highest BCUT2D eigenvalue weighted by atomic mass is 15.2. The van der Waals surface area contributed by atoms with Gasteiger partial charge in [0.15, 0.2) is 0 Å². The number of hydrogen-bond acceptors (Lipinski definition) is 2. The van der Waals surface area contributed by atoms with Gasteiger partial charge in [-0.1, -0.05) is 51.5 Å². The number of benzene rings is 1. The van der Waals surface area contributed by atoms with Gasteiger partial charge in [-0.2, -0.15) is 0 Å². The maximum Gasteiger partial charge on any atom is 0.0450 e. The van der Waals surface area contributed by atoms with E-state index in [0.717, 1.165) is 19.5 Å². The lowest BCUT2D eigenvalue weighted by Gasteiger charge is -2.32. The van der Waals surface area contributed by atoms with Gasteiger partial charge >= 0.3 is 0 Å². The first-order valence-corrected chi connectivity index (χ1v) is 7.72. The summed E-state index contributed by atoms with van der Waals surface area (Å²) in [5, 5.41) is 0. The summed E-state index contributed by atoms with van der Waals surface area (Å²) >= 11 is 0. The third-order valence-electron chi connectivity index (χ3n) is 4.07. The third-order valence-corrected chi connectivity index (χ3v) is 4.07. The van der Waals surface area contributed by atoms with Crippen LogP contribution in [0.25, 0.3) is 0 Å². The molecule has 0 radical (unpaired) electrons. The molecule has 0 aromatic heterocycles. The van der Waals surface area contributed by atoms with Gasteiger partial charge in [0.05, 0.1) is 0 Å². The molecule has 0 aliphatic rings. The van der Waals surface area contributed by atoms with Gasteiger partial charge in [-0.25, -0.2) is 0 Å². The molecule has 0 saturated carbocycles. The second-order valence-electron chi connectivity index (χ2n) is 5.34. The molecule has 1 aromatic carbocycles. The van der Waals surface area contributed by atoms with Crippen molar-refractivity contribution in [2.24, 2.45) is 5.73 Å². The second kappa shape index (κ2) is 8.34. The fourth-order valence-electron chi connectivity index (χ4n) is 2.49. The Morgan fingerprint density at radius 1 is 1.11 bits per heavy atom. The Hall–Kier alpha value is -0.860. The van der Waals surface area contributed by atoms with Crippen LogP contribution in [0.4, 0.5) is 0 Å². The molecule has 1 rings (SSSR count). The van der Waals surface area contributed by atoms with Crippen molar-refractivity contribution in [1.82, 2.24) is 4.90 Å². The van der Waals surface area contributed by atoms with Gasteiger partial charge in [0, 0.05) is 12.1 Å². The van der Waals surface area contributed by atoms with Crippen molar-refractivity contribution in [3.05, 3.63) is 35.4 Å². The summed E-state index contributed by atoms with van der Waals surface area (Å²) in [4.78, 5) is 2.49. The molecule has 0 aliphatic carbocycles. The second-order valence-corrected chi connectivity index (χ2v) is 5.34. The number of hydrogen-bond donors (Lipinski definition) is 1. The van der Waals surface area contributed by atoms with E-state index in [0.29, 0.717) is 6.04 Å². The number of nitrogens with two attached hydrogens (primary N) is 1. The number of aryl methyl sites for hydroxylation is 1. The van der Waals surface area contributed by atoms with Crippen LogP contribution in [-0.2, 0) is 6.42 Å². The predicted molar refractivity (Wildman–Crippen MR) is 84.4 cm³/mol. The molecule has 2 heteroatoms. The molecule has 2 atom stereocenters. The van der Waals surface area contributed by atoms with Gasteiger partial charge in [-0.3, -0.25) is 4.90 Å². The molecule has 0 saturated heterocycles. The Balaban J connectivity index is 2.70. The van der Waals surface area contributed by atoms with Crippen LogP contribution >= 0.6 is 0 Å². The number of unbranched alkanes of at least 4 members (excludes halogenated alkanes) is 1. The van der Waals surface area contributed by atoms with E-state index in [4.69, 9.17) is 5.73 Å². The minimum absolute atomic E-state index is 0.0997. The Morgan fingerprint density at radius 2 is 1.74 bits per heavy atom. The Labute approximate surface area is 119 Å². The number of nitrogens with zero attached hydrogens (tertiary/aromatic N) is 1. The average molecular weight is 262 g/mol. The quantitative estimate of drug-likeness (QED) is 0.773. The monoisotopic (exact) mass is 262 g/mol. The summed E-state index contributed by atoms with van der Waals surface area (Å²) in [6.45, 7) is 11.1. The molecule has 0 bridgehead atoms. The predicted octanol–water partition coefficient (Wildman–Crippen LogP) is 3.76. The normalized spacial score (nSPS) is 14.6. The van der Waals surface area contributed by atoms with Crippen LogP contribution in [0.5, 0.6) is 0 Å². The van der Waals surface area contributed by atoms with E-state index in [9.17, 15) is 0 Å². The molecule has 2 unspecified atom stereocenters. The first kappa shape index (κ1) is 16.2. The fraction of sp³-hybridized carbons (Fsp3) is 0.647. The van der Waals surface area contributed by atoms with Crippen molar-refractivity contribution in [3.63, 3.8) is 0 Å². The Morgan fingerprint density at radius 3 is 2.21 bits per heavy atom. The lowest BCUT2D eigenvalue weighted by Crippen LogP contribution is -2.41. The zero-order valence-electron chi connectivity index (χ0n) is 13.0. The van der Waals surface area contributed by atoms with Crippen molar-refractivity contribution in [2.45, 2.75) is 59.0 Å². The molecule has 19 heavy (non-hydrogen) atoms. The molecule has 0 heterocycles. The zero-order chi connectivity index (χ0) is 14.3. The van der Waals surface area contributed by atoms with Gasteiger partial charge < -0.3 is 5.73 Å². The van der Waals surface area contributed by atoms with E-state index in [1.807, 2.05) is 0 Å². The lowest BCUT2D eigenvalue weighted by molar-refractivity contribution is 0.191. The van der Waals surface area contributed by atoms with Gasteiger partial charge in [-0.15, -0.1) is 0 Å². The average Bonchev–Trinajstić information content (AvgIpc) is 2.47. The first-order chi connectivity index (χ1) is 9.13. The van der Waals surface area contributed by atoms with E-state index >= 15 is 0 Å². The summed E-state index contributed by atoms with van der Waals surface area (Å²) in [5.41, 5.74) is 9.06. The number of likely N-dealkylation sites (N-methyl/N-ethyl adjacent to an activating group) is 1. The van der Waals surface area contributed by atoms with Crippen LogP contribution in [0.15, 0.2) is 24.3 Å². The largest absolute Gasteiger partial charge is 0.323 e. The van der Waals surface area contributed by atoms with E-state index in [-0.39, 0.29) is 6.04 Å². The molecule has 108 valence electrons. The summed E-state index contributed by atoms with van der Waals surface area (Å²) in [6, 6.07) is 9.27. The molecular formula is C17H30N2. The molecule has 1 aromatic rings. The molecule has 0 spiro atoms. The van der Waals surface area contributed by atoms with Crippen molar-refractivity contribution >= 4 is 0 Å². The van der Waals surface area contributed by atoms with E-state index < -0.39 is 0 Å². The van der Waals surface area contributed by atoms with Crippen LogP contribution in [0.3, 0.4) is 0 Å². The van der Waals surface area contributed by atoms with E-state index in [1.165, 1.54) is 24.0 Å². The van der Waals surface area contributed by atoms with Gasteiger partial charge in [0.1, 0.15) is 0 Å². The maximum atomic E-state index is 6.44. The SMILES string of the molecule is CCCCN(CC)C(C)C(N)c1ccc(CC)cc1. The van der Waals surface area contributed by atoms with Crippen LogP contribution < -0.4 is 5.73 Å². The van der Waals surface area contributed by atoms with Crippen molar-refractivity contribution in [1.29, 1.82) is 0 Å². The number of rotatable bonds is 8. The first-order valence-electron chi connectivity index (χ1n) is 7.72. The van der Waals surface area contributed by atoms with Crippen LogP contribution in [0, 0.1) is 0 Å². The summed E-state index contributed by atoms with van der Waals surface area (Å²) in [7, 11) is 0. The topological polar surface area (TPSA) is 29.3 Å². The highest BCUT2D eigenvalue weighted by Crippen LogP contribution is 2.19. The third kappa shape index (κ3) is 4.63. The lowest BCUT2D eigenvalue weighted by atomic mass is 9.98. The van der Waals surface area contributed by atoms with Crippen LogP contribution in [0.2, 0.25) is 0 Å². The minimum Gasteiger partial charge on any atom is -0.323 e. The summed E-state index contributed by atoms with van der Waals surface area (Å²) in [6.07, 6.45) is 3.58. The minimum atomic E-state index is 0.0997. The van der Waals surface area contributed by atoms with Crippen molar-refractivity contribution < 1.29 is 0 Å². The van der Waals surface area contributed by atoms with Gasteiger partial charge in [-0.05, 0) is 44.0 Å². The molecule has 2 N–H and O–H groups in total. The molecular weight excluding hydrogens is 232 g/mol. The van der Waals surface area contributed by atoms with Crippen molar-refractivity contribution in [2.75, 3.05) is 13.1 Å². The highest BCUT2D eigenvalue weighted by Gasteiger charge is 2.20. The molecule has 2 nitrogen and oxygen atoms in total. The van der Waals surface area contributed by atoms with Crippen molar-refractivity contribution in [3.8, 4) is 0 Å². The Bertz CT molecular complexity index is 345. The maximum absolute atomic E-state index is 6.44. The summed E-state index contributed by atoms with van der Waals surface area (Å²) < 4.78 is 0. The highest BCUT2D eigenvalue weighted by molar-refractivity contribution is 5.25. The summed E-state index contributed by atoms with van der Waals surface area (Å²) in [5.74, 6) is 0. The molecule has 0 amide bonds. The van der Waals surface area contributed by atoms with Crippen LogP contribution in [0.1, 0.15) is 57.7 Å². The van der Waals surface area contributed by atoms with Gasteiger partial charge in [0.2, 0.25) is 0 Å². The standard InChI is InChI=1S/C17H30N2/c1-5-8-13-19(7-3)14(4)17(18)16-11-9-15(6-2)10-12-16/h9-12,14,17H,5-8,13,18H2,1-4H3.